The Labute approximate surface area is 113 Å². The number of nitrogens with zero attached hydrogens (tertiary/aromatic N) is 3. The molecule has 1 rings (SSSR count). The van der Waals surface area contributed by atoms with E-state index >= 15 is 0 Å². The Morgan fingerprint density at radius 1 is 1.45 bits per heavy atom. The van der Waals surface area contributed by atoms with Crippen molar-refractivity contribution in [1.29, 1.82) is 0 Å². The normalized spacial score (nSPS) is 11.4. The van der Waals surface area contributed by atoms with Crippen LogP contribution in [0.3, 0.4) is 0 Å². The summed E-state index contributed by atoms with van der Waals surface area (Å²) in [6.45, 7) is 0. The Kier molecular flexibility index (Phi) is 5.23. The quantitative estimate of drug-likeness (QED) is 0.303. The number of methoxy groups -OCH3 is 2. The summed E-state index contributed by atoms with van der Waals surface area (Å²) in [4.78, 5) is 10.4. The van der Waals surface area contributed by atoms with Gasteiger partial charge in [-0.05, 0) is 6.07 Å². The van der Waals surface area contributed by atoms with Crippen LogP contribution in [0.25, 0.3) is 0 Å². The van der Waals surface area contributed by atoms with E-state index in [1.54, 1.807) is 5.48 Å². The van der Waals surface area contributed by atoms with Crippen LogP contribution in [-0.2, 0) is 0 Å². The van der Waals surface area contributed by atoms with Crippen molar-refractivity contribution in [2.75, 3.05) is 14.2 Å². The summed E-state index contributed by atoms with van der Waals surface area (Å²) in [5.74, 6) is 0.164. The molecule has 0 aliphatic rings. The Bertz CT molecular complexity index is 557. The van der Waals surface area contributed by atoms with E-state index in [4.69, 9.17) is 20.4 Å². The fourth-order valence-corrected chi connectivity index (χ4v) is 1.32. The minimum Gasteiger partial charge on any atom is -0.493 e. The first-order valence-electron chi connectivity index (χ1n) is 5.20. The monoisotopic (exact) mass is 283 g/mol. The number of nitrogens with two attached hydrogens (primary N) is 1. The maximum atomic E-state index is 11.0. The third kappa shape index (κ3) is 3.55. The number of hydrogen-bond donors (Lipinski definition) is 3. The fraction of sp³-hybridized carbons (Fsp3) is 0.200. The SMILES string of the molecule is COc1cc(C=N/N=C(\N)NO)c([N+](=O)[O-])cc1OC. The Balaban J connectivity index is 3.26. The summed E-state index contributed by atoms with van der Waals surface area (Å²) in [6, 6.07) is 2.58. The van der Waals surface area contributed by atoms with Crippen LogP contribution in [0.4, 0.5) is 5.69 Å². The predicted octanol–water partition coefficient (Wildman–Crippen LogP) is 0.239. The number of ether oxygens (including phenoxy) is 2. The van der Waals surface area contributed by atoms with Gasteiger partial charge in [0.15, 0.2) is 11.5 Å². The van der Waals surface area contributed by atoms with Gasteiger partial charge in [0.05, 0.1) is 37.0 Å². The van der Waals surface area contributed by atoms with E-state index in [-0.39, 0.29) is 23.0 Å². The van der Waals surface area contributed by atoms with Crippen molar-refractivity contribution in [3.63, 3.8) is 0 Å². The zero-order chi connectivity index (χ0) is 15.1. The second kappa shape index (κ2) is 6.89. The third-order valence-electron chi connectivity index (χ3n) is 2.21. The van der Waals surface area contributed by atoms with Gasteiger partial charge in [-0.15, -0.1) is 5.10 Å². The Morgan fingerprint density at radius 2 is 2.05 bits per heavy atom. The molecule has 1 aromatic carbocycles. The van der Waals surface area contributed by atoms with Gasteiger partial charge in [0.1, 0.15) is 0 Å². The lowest BCUT2D eigenvalue weighted by Crippen LogP contribution is -2.27. The molecule has 0 spiro atoms. The molecule has 0 amide bonds. The first-order valence-corrected chi connectivity index (χ1v) is 5.20. The zero-order valence-corrected chi connectivity index (χ0v) is 10.7. The average Bonchev–Trinajstić information content (AvgIpc) is 2.45. The number of guanidine groups is 1. The van der Waals surface area contributed by atoms with Crippen LogP contribution in [0.2, 0.25) is 0 Å². The predicted molar refractivity (Wildman–Crippen MR) is 70.3 cm³/mol. The minimum absolute atomic E-state index is 0.141. The van der Waals surface area contributed by atoms with Crippen molar-refractivity contribution in [3.05, 3.63) is 27.8 Å². The van der Waals surface area contributed by atoms with Crippen molar-refractivity contribution in [1.82, 2.24) is 5.48 Å². The Morgan fingerprint density at radius 3 is 2.55 bits per heavy atom. The first kappa shape index (κ1) is 15.2. The van der Waals surface area contributed by atoms with Crippen molar-refractivity contribution in [2.24, 2.45) is 15.9 Å². The van der Waals surface area contributed by atoms with E-state index in [9.17, 15) is 10.1 Å². The van der Waals surface area contributed by atoms with E-state index in [1.807, 2.05) is 0 Å². The van der Waals surface area contributed by atoms with E-state index in [1.165, 1.54) is 26.4 Å². The smallest absolute Gasteiger partial charge is 0.282 e. The number of nitro groups is 1. The molecule has 1 aromatic rings. The van der Waals surface area contributed by atoms with Gasteiger partial charge in [0.25, 0.3) is 5.69 Å². The molecule has 0 heterocycles. The molecule has 0 aliphatic heterocycles. The maximum absolute atomic E-state index is 11.0. The van der Waals surface area contributed by atoms with Gasteiger partial charge in [-0.1, -0.05) is 0 Å². The summed E-state index contributed by atoms with van der Waals surface area (Å²) in [5, 5.41) is 26.2. The highest BCUT2D eigenvalue weighted by Gasteiger charge is 2.18. The lowest BCUT2D eigenvalue weighted by Gasteiger charge is -2.08. The molecule has 0 saturated heterocycles. The van der Waals surface area contributed by atoms with Crippen LogP contribution in [0.15, 0.2) is 22.3 Å². The van der Waals surface area contributed by atoms with Crippen LogP contribution < -0.4 is 20.7 Å². The zero-order valence-electron chi connectivity index (χ0n) is 10.7. The molecule has 0 radical (unpaired) electrons. The van der Waals surface area contributed by atoms with Crippen LogP contribution in [0, 0.1) is 10.1 Å². The van der Waals surface area contributed by atoms with Gasteiger partial charge in [0.2, 0.25) is 5.96 Å². The van der Waals surface area contributed by atoms with Crippen LogP contribution in [-0.4, -0.2) is 36.5 Å². The Hall–Kier alpha value is -2.88. The van der Waals surface area contributed by atoms with E-state index in [0.29, 0.717) is 5.75 Å². The lowest BCUT2D eigenvalue weighted by molar-refractivity contribution is -0.385. The summed E-state index contributed by atoms with van der Waals surface area (Å²) in [7, 11) is 2.77. The molecule has 4 N–H and O–H groups in total. The molecular weight excluding hydrogens is 270 g/mol. The third-order valence-corrected chi connectivity index (χ3v) is 2.21. The van der Waals surface area contributed by atoms with Crippen LogP contribution in [0.5, 0.6) is 11.5 Å². The maximum Gasteiger partial charge on any atom is 0.282 e. The molecule has 10 nitrogen and oxygen atoms in total. The van der Waals surface area contributed by atoms with Gasteiger partial charge in [-0.2, -0.15) is 5.10 Å². The van der Waals surface area contributed by atoms with E-state index in [0.717, 1.165) is 6.21 Å². The molecule has 0 atom stereocenters. The van der Waals surface area contributed by atoms with Crippen molar-refractivity contribution >= 4 is 17.9 Å². The largest absolute Gasteiger partial charge is 0.493 e. The summed E-state index contributed by atoms with van der Waals surface area (Å²) >= 11 is 0. The number of hydrogen-bond acceptors (Lipinski definition) is 7. The van der Waals surface area contributed by atoms with E-state index in [2.05, 4.69) is 10.2 Å². The standard InChI is InChI=1S/C10H13N5O5/c1-19-8-3-6(5-12-13-10(11)14-16)7(15(17)18)4-9(8)20-2/h3-5,16H,1-2H3,(H3,11,13,14). The van der Waals surface area contributed by atoms with Crippen molar-refractivity contribution in [2.45, 2.75) is 0 Å². The second-order valence-electron chi connectivity index (χ2n) is 3.36. The molecule has 20 heavy (non-hydrogen) atoms. The molecule has 0 aliphatic carbocycles. The van der Waals surface area contributed by atoms with Gasteiger partial charge >= 0.3 is 0 Å². The number of rotatable bonds is 5. The highest BCUT2D eigenvalue weighted by molar-refractivity contribution is 5.87. The van der Waals surface area contributed by atoms with E-state index < -0.39 is 4.92 Å². The molecule has 0 unspecified atom stereocenters. The molecular formula is C10H13N5O5. The van der Waals surface area contributed by atoms with Gasteiger partial charge in [-0.25, -0.2) is 5.48 Å². The number of benzene rings is 1. The topological polar surface area (TPSA) is 145 Å². The molecule has 0 saturated carbocycles. The van der Waals surface area contributed by atoms with Crippen molar-refractivity contribution < 1.29 is 19.6 Å². The van der Waals surface area contributed by atoms with Gasteiger partial charge in [0, 0.05) is 0 Å². The number of nitro benzene ring substituents is 1. The van der Waals surface area contributed by atoms with Crippen molar-refractivity contribution in [3.8, 4) is 11.5 Å². The molecule has 0 bridgehead atoms. The number of nitrogens with one attached hydrogen (secondary N) is 1. The summed E-state index contributed by atoms with van der Waals surface area (Å²) in [6.07, 6.45) is 1.10. The van der Waals surface area contributed by atoms with Gasteiger partial charge < -0.3 is 15.2 Å². The summed E-state index contributed by atoms with van der Waals surface area (Å²) < 4.78 is 10.0. The fourth-order valence-electron chi connectivity index (χ4n) is 1.32. The lowest BCUT2D eigenvalue weighted by atomic mass is 10.1. The highest BCUT2D eigenvalue weighted by atomic mass is 16.6. The molecule has 0 fully saturated rings. The first-order chi connectivity index (χ1) is 9.53. The second-order valence-corrected chi connectivity index (χ2v) is 3.36. The molecule has 108 valence electrons. The van der Waals surface area contributed by atoms with Crippen LogP contribution in [0.1, 0.15) is 5.56 Å². The number of hydroxylamine groups is 1. The minimum atomic E-state index is -0.597. The molecule has 10 heteroatoms. The average molecular weight is 283 g/mol. The van der Waals surface area contributed by atoms with Crippen LogP contribution >= 0.6 is 0 Å². The highest BCUT2D eigenvalue weighted by Crippen LogP contribution is 2.33. The summed E-state index contributed by atoms with van der Waals surface area (Å²) in [5.41, 5.74) is 6.60. The molecule has 0 aromatic heterocycles. The van der Waals surface area contributed by atoms with Gasteiger partial charge in [-0.3, -0.25) is 15.3 Å².